The predicted molar refractivity (Wildman–Crippen MR) is 73.7 cm³/mol. The van der Waals surface area contributed by atoms with E-state index in [1.165, 1.54) is 11.3 Å². The van der Waals surface area contributed by atoms with Crippen LogP contribution in [0.1, 0.15) is 16.6 Å². The lowest BCUT2D eigenvalue weighted by molar-refractivity contribution is -0.149. The molecule has 0 aromatic carbocycles. The monoisotopic (exact) mass is 302 g/mol. The van der Waals surface area contributed by atoms with Crippen LogP contribution in [0.5, 0.6) is 0 Å². The lowest BCUT2D eigenvalue weighted by Crippen LogP contribution is -2.57. The molecule has 0 saturated carbocycles. The Morgan fingerprint density at radius 2 is 2.37 bits per heavy atom. The van der Waals surface area contributed by atoms with Gasteiger partial charge in [0.1, 0.15) is 6.04 Å². The Labute approximate surface area is 120 Å². The molecule has 104 valence electrons. The van der Waals surface area contributed by atoms with Gasteiger partial charge in [0.15, 0.2) is 0 Å². The van der Waals surface area contributed by atoms with E-state index >= 15 is 0 Å². The van der Waals surface area contributed by atoms with Crippen LogP contribution in [0.4, 0.5) is 0 Å². The molecule has 1 aliphatic rings. The van der Waals surface area contributed by atoms with Crippen molar-refractivity contribution in [3.8, 4) is 0 Å². The zero-order valence-corrected chi connectivity index (χ0v) is 12.1. The first-order valence-corrected chi connectivity index (χ1v) is 7.26. The van der Waals surface area contributed by atoms with Crippen LogP contribution < -0.4 is 5.32 Å². The first-order chi connectivity index (χ1) is 9.13. The van der Waals surface area contributed by atoms with Gasteiger partial charge < -0.3 is 15.0 Å². The second-order valence-corrected chi connectivity index (χ2v) is 5.79. The Morgan fingerprint density at radius 3 is 3.00 bits per heavy atom. The van der Waals surface area contributed by atoms with E-state index in [0.717, 1.165) is 0 Å². The molecule has 1 aromatic rings. The van der Waals surface area contributed by atoms with Gasteiger partial charge >= 0.3 is 5.97 Å². The third-order valence-corrected chi connectivity index (χ3v) is 4.07. The van der Waals surface area contributed by atoms with E-state index in [9.17, 15) is 9.59 Å². The molecule has 5 nitrogen and oxygen atoms in total. The fourth-order valence-corrected chi connectivity index (χ4v) is 2.97. The van der Waals surface area contributed by atoms with Crippen LogP contribution >= 0.6 is 22.9 Å². The molecular weight excluding hydrogens is 288 g/mol. The molecule has 1 amide bonds. The maximum absolute atomic E-state index is 12.4. The molecule has 1 saturated heterocycles. The zero-order valence-electron chi connectivity index (χ0n) is 10.5. The number of hydrogen-bond donors (Lipinski definition) is 1. The highest BCUT2D eigenvalue weighted by Crippen LogP contribution is 2.23. The number of nitrogens with one attached hydrogen (secondary N) is 1. The summed E-state index contributed by atoms with van der Waals surface area (Å²) in [5, 5.41) is 3.10. The van der Waals surface area contributed by atoms with Crippen molar-refractivity contribution in [1.82, 2.24) is 10.2 Å². The molecule has 2 heterocycles. The highest BCUT2D eigenvalue weighted by Gasteiger charge is 2.34. The van der Waals surface area contributed by atoms with Gasteiger partial charge in [0.2, 0.25) is 0 Å². The summed E-state index contributed by atoms with van der Waals surface area (Å²) in [5.41, 5.74) is 0. The number of halogens is 1. The van der Waals surface area contributed by atoms with Crippen molar-refractivity contribution in [2.75, 3.05) is 26.2 Å². The third-order valence-electron chi connectivity index (χ3n) is 2.85. The van der Waals surface area contributed by atoms with Gasteiger partial charge in [-0.2, -0.15) is 0 Å². The van der Waals surface area contributed by atoms with Gasteiger partial charge in [-0.15, -0.1) is 11.3 Å². The van der Waals surface area contributed by atoms with Crippen molar-refractivity contribution in [1.29, 1.82) is 0 Å². The van der Waals surface area contributed by atoms with Crippen LogP contribution in [-0.2, 0) is 9.53 Å². The molecular formula is C12H15ClN2O3S. The van der Waals surface area contributed by atoms with Crippen molar-refractivity contribution >= 4 is 34.8 Å². The maximum atomic E-state index is 12.4. The minimum atomic E-state index is -0.568. The molecule has 1 unspecified atom stereocenters. The summed E-state index contributed by atoms with van der Waals surface area (Å²) < 4.78 is 5.57. The minimum absolute atomic E-state index is 0.170. The van der Waals surface area contributed by atoms with Crippen LogP contribution in [0.25, 0.3) is 0 Å². The Kier molecular flexibility index (Phi) is 4.79. The van der Waals surface area contributed by atoms with E-state index in [0.29, 0.717) is 35.5 Å². The Bertz CT molecular complexity index is 477. The molecule has 1 aromatic heterocycles. The van der Waals surface area contributed by atoms with Gasteiger partial charge in [-0.1, -0.05) is 11.6 Å². The van der Waals surface area contributed by atoms with Crippen LogP contribution in [0, 0.1) is 0 Å². The summed E-state index contributed by atoms with van der Waals surface area (Å²) in [6.07, 6.45) is 0. The van der Waals surface area contributed by atoms with Gasteiger partial charge in [0.25, 0.3) is 5.91 Å². The van der Waals surface area contributed by atoms with E-state index in [4.69, 9.17) is 16.3 Å². The molecule has 1 N–H and O–H groups in total. The summed E-state index contributed by atoms with van der Waals surface area (Å²) in [6, 6.07) is 2.79. The number of carbonyl (C=O) groups is 2. The Balaban J connectivity index is 2.15. The van der Waals surface area contributed by atoms with E-state index in [2.05, 4.69) is 5.32 Å². The van der Waals surface area contributed by atoms with Crippen molar-refractivity contribution in [3.63, 3.8) is 0 Å². The van der Waals surface area contributed by atoms with Gasteiger partial charge in [0, 0.05) is 19.6 Å². The predicted octanol–water partition coefficient (Wildman–Crippen LogP) is 1.38. The lowest BCUT2D eigenvalue weighted by atomic mass is 10.2. The highest BCUT2D eigenvalue weighted by molar-refractivity contribution is 7.17. The largest absolute Gasteiger partial charge is 0.464 e. The summed E-state index contributed by atoms with van der Waals surface area (Å²) in [7, 11) is 0. The molecule has 0 spiro atoms. The zero-order chi connectivity index (χ0) is 13.8. The number of esters is 1. The van der Waals surface area contributed by atoms with Crippen LogP contribution in [0.3, 0.4) is 0 Å². The van der Waals surface area contributed by atoms with Crippen LogP contribution in [-0.4, -0.2) is 49.1 Å². The Hall–Kier alpha value is -1.11. The molecule has 2 rings (SSSR count). The fraction of sp³-hybridized carbons (Fsp3) is 0.500. The number of rotatable bonds is 3. The van der Waals surface area contributed by atoms with Crippen molar-refractivity contribution in [2.45, 2.75) is 13.0 Å². The maximum Gasteiger partial charge on any atom is 0.330 e. The van der Waals surface area contributed by atoms with Gasteiger partial charge in [-0.05, 0) is 19.1 Å². The van der Waals surface area contributed by atoms with Gasteiger partial charge in [0.05, 0.1) is 15.8 Å². The summed E-state index contributed by atoms with van der Waals surface area (Å²) in [6.45, 7) is 3.63. The molecule has 0 aliphatic carbocycles. The minimum Gasteiger partial charge on any atom is -0.464 e. The number of nitrogens with zero attached hydrogens (tertiary/aromatic N) is 1. The third kappa shape index (κ3) is 3.26. The summed E-state index contributed by atoms with van der Waals surface area (Å²) in [5.74, 6) is -0.540. The molecule has 1 aliphatic heterocycles. The van der Waals surface area contributed by atoms with Crippen LogP contribution in [0.2, 0.25) is 4.34 Å². The highest BCUT2D eigenvalue weighted by atomic mass is 35.5. The normalized spacial score (nSPS) is 19.3. The molecule has 1 fully saturated rings. The fourth-order valence-electron chi connectivity index (χ4n) is 1.97. The standard InChI is InChI=1S/C12H15ClN2O3S/c1-2-18-12(17)8-7-14-5-6-15(8)11(16)9-3-4-10(13)19-9/h3-4,8,14H,2,5-7H2,1H3. The Morgan fingerprint density at radius 1 is 1.58 bits per heavy atom. The number of thiophene rings is 1. The number of hydrogen-bond acceptors (Lipinski definition) is 5. The van der Waals surface area contributed by atoms with Gasteiger partial charge in [-0.25, -0.2) is 4.79 Å². The summed E-state index contributed by atoms with van der Waals surface area (Å²) in [4.78, 5) is 26.3. The topological polar surface area (TPSA) is 58.6 Å². The molecule has 19 heavy (non-hydrogen) atoms. The second kappa shape index (κ2) is 6.36. The van der Waals surface area contributed by atoms with Crippen molar-refractivity contribution in [3.05, 3.63) is 21.3 Å². The lowest BCUT2D eigenvalue weighted by Gasteiger charge is -2.34. The van der Waals surface area contributed by atoms with E-state index in [-0.39, 0.29) is 11.9 Å². The number of carbonyl (C=O) groups excluding carboxylic acids is 2. The van der Waals surface area contributed by atoms with Crippen molar-refractivity contribution in [2.24, 2.45) is 0 Å². The van der Waals surface area contributed by atoms with Crippen LogP contribution in [0.15, 0.2) is 12.1 Å². The average molecular weight is 303 g/mol. The molecule has 1 atom stereocenters. The second-order valence-electron chi connectivity index (χ2n) is 4.07. The van der Waals surface area contributed by atoms with E-state index < -0.39 is 6.04 Å². The smallest absolute Gasteiger partial charge is 0.330 e. The van der Waals surface area contributed by atoms with E-state index in [1.807, 2.05) is 0 Å². The van der Waals surface area contributed by atoms with E-state index in [1.54, 1.807) is 24.0 Å². The number of ether oxygens (including phenoxy) is 1. The first-order valence-electron chi connectivity index (χ1n) is 6.07. The number of amides is 1. The molecule has 7 heteroatoms. The SMILES string of the molecule is CCOC(=O)C1CNCCN1C(=O)c1ccc(Cl)s1. The van der Waals surface area contributed by atoms with Gasteiger partial charge in [-0.3, -0.25) is 4.79 Å². The first kappa shape index (κ1) is 14.3. The molecule has 0 bridgehead atoms. The number of piperazine rings is 1. The van der Waals surface area contributed by atoms with Crippen molar-refractivity contribution < 1.29 is 14.3 Å². The average Bonchev–Trinajstić information content (AvgIpc) is 2.85. The quantitative estimate of drug-likeness (QED) is 0.857. The summed E-state index contributed by atoms with van der Waals surface area (Å²) >= 11 is 7.05. The molecule has 0 radical (unpaired) electrons.